The number of phenols is 1. The summed E-state index contributed by atoms with van der Waals surface area (Å²) >= 11 is 0. The third kappa shape index (κ3) is 12.8. The maximum atomic E-state index is 13.6. The standard InChI is InChI=1S/C48H59N3O4/c1-2-3-4-5-6-7-8-9-10-11-12-13-14-15-16-17-18-25-35-55-48(54)41-32-23-24-33-44(41)50-51-45-36-42(46(52)40-31-22-21-30-39(40)45)47(53)49-43-34-26-28-37-27-19-20-29-38(37)43/h19-24,26-34,36,52H,2-18,25,35H2,1H3,(H,49,53). The number of benzene rings is 5. The van der Waals surface area contributed by atoms with Gasteiger partial charge in [0.25, 0.3) is 5.91 Å². The summed E-state index contributed by atoms with van der Waals surface area (Å²) < 4.78 is 5.65. The summed E-state index contributed by atoms with van der Waals surface area (Å²) in [6, 6.07) is 29.1. The molecule has 0 unspecified atom stereocenters. The molecule has 7 heteroatoms. The Morgan fingerprint density at radius 1 is 0.545 bits per heavy atom. The number of esters is 1. The minimum absolute atomic E-state index is 0.0672. The molecule has 0 aliphatic carbocycles. The fourth-order valence-electron chi connectivity index (χ4n) is 7.21. The van der Waals surface area contributed by atoms with Gasteiger partial charge in [0, 0.05) is 21.8 Å². The summed E-state index contributed by atoms with van der Waals surface area (Å²) in [6.07, 6.45) is 23.5. The summed E-state index contributed by atoms with van der Waals surface area (Å²) in [4.78, 5) is 26.7. The Bertz CT molecular complexity index is 1980. The van der Waals surface area contributed by atoms with Gasteiger partial charge in [-0.25, -0.2) is 4.79 Å². The first-order valence-electron chi connectivity index (χ1n) is 20.8. The number of nitrogens with one attached hydrogen (secondary N) is 1. The van der Waals surface area contributed by atoms with Gasteiger partial charge >= 0.3 is 5.97 Å². The van der Waals surface area contributed by atoms with Crippen LogP contribution in [0.3, 0.4) is 0 Å². The van der Waals surface area contributed by atoms with Crippen LogP contribution in [0.25, 0.3) is 21.5 Å². The van der Waals surface area contributed by atoms with Crippen molar-refractivity contribution in [3.8, 4) is 5.75 Å². The Labute approximate surface area is 327 Å². The van der Waals surface area contributed by atoms with Crippen molar-refractivity contribution in [1.82, 2.24) is 0 Å². The Morgan fingerprint density at radius 3 is 1.71 bits per heavy atom. The smallest absolute Gasteiger partial charge is 0.340 e. The minimum Gasteiger partial charge on any atom is -0.506 e. The molecule has 1 amide bonds. The van der Waals surface area contributed by atoms with Crippen LogP contribution >= 0.6 is 0 Å². The molecule has 5 aromatic rings. The lowest BCUT2D eigenvalue weighted by Crippen LogP contribution is -2.12. The molecule has 0 radical (unpaired) electrons. The molecule has 0 heterocycles. The van der Waals surface area contributed by atoms with Crippen molar-refractivity contribution in [2.45, 2.75) is 122 Å². The third-order valence-corrected chi connectivity index (χ3v) is 10.4. The van der Waals surface area contributed by atoms with E-state index < -0.39 is 11.9 Å². The number of carbonyl (C=O) groups excluding carboxylic acids is 2. The number of ether oxygens (including phenoxy) is 1. The van der Waals surface area contributed by atoms with Crippen molar-refractivity contribution in [1.29, 1.82) is 0 Å². The number of phenolic OH excluding ortho intramolecular Hbond substituents is 1. The maximum absolute atomic E-state index is 13.6. The first-order valence-corrected chi connectivity index (χ1v) is 20.8. The molecular weight excluding hydrogens is 683 g/mol. The Balaban J connectivity index is 1.06. The van der Waals surface area contributed by atoms with E-state index in [2.05, 4.69) is 22.5 Å². The van der Waals surface area contributed by atoms with Gasteiger partial charge in [0.1, 0.15) is 11.4 Å². The molecule has 0 fully saturated rings. The normalized spacial score (nSPS) is 11.4. The van der Waals surface area contributed by atoms with Crippen molar-refractivity contribution < 1.29 is 19.4 Å². The van der Waals surface area contributed by atoms with E-state index in [0.717, 1.165) is 30.0 Å². The van der Waals surface area contributed by atoms with E-state index in [-0.39, 0.29) is 11.3 Å². The van der Waals surface area contributed by atoms with E-state index in [0.29, 0.717) is 40.0 Å². The average Bonchev–Trinajstić information content (AvgIpc) is 3.21. The highest BCUT2D eigenvalue weighted by Gasteiger charge is 2.19. The predicted molar refractivity (Wildman–Crippen MR) is 227 cm³/mol. The number of anilines is 1. The summed E-state index contributed by atoms with van der Waals surface area (Å²) in [5.41, 5.74) is 1.78. The van der Waals surface area contributed by atoms with Gasteiger partial charge in [-0.3, -0.25) is 4.79 Å². The second kappa shape index (κ2) is 23.0. The van der Waals surface area contributed by atoms with Crippen LogP contribution in [0, 0.1) is 0 Å². The molecule has 290 valence electrons. The number of azo groups is 1. The lowest BCUT2D eigenvalue weighted by Gasteiger charge is -2.12. The SMILES string of the molecule is CCCCCCCCCCCCCCCCCCCCOC(=O)c1ccccc1N=Nc1cc(C(=O)Nc2cccc3ccccc23)c(O)c2ccccc12. The summed E-state index contributed by atoms with van der Waals surface area (Å²) in [6.45, 7) is 2.64. The van der Waals surface area contributed by atoms with E-state index in [9.17, 15) is 14.7 Å². The Kier molecular flexibility index (Phi) is 17.2. The van der Waals surface area contributed by atoms with Crippen LogP contribution < -0.4 is 5.32 Å². The van der Waals surface area contributed by atoms with Crippen LogP contribution in [0.2, 0.25) is 0 Å². The van der Waals surface area contributed by atoms with Crippen molar-refractivity contribution in [2.24, 2.45) is 10.2 Å². The molecule has 2 N–H and O–H groups in total. The van der Waals surface area contributed by atoms with Gasteiger partial charge in [-0.1, -0.05) is 189 Å². The fraction of sp³-hybridized carbons (Fsp3) is 0.417. The molecule has 0 atom stereocenters. The molecule has 0 spiro atoms. The number of fused-ring (bicyclic) bond motifs is 2. The molecule has 55 heavy (non-hydrogen) atoms. The average molecular weight is 742 g/mol. The second-order valence-electron chi connectivity index (χ2n) is 14.7. The van der Waals surface area contributed by atoms with E-state index >= 15 is 0 Å². The quantitative estimate of drug-likeness (QED) is 0.0373. The number of hydrogen-bond acceptors (Lipinski definition) is 6. The van der Waals surface area contributed by atoms with E-state index in [1.165, 1.54) is 102 Å². The van der Waals surface area contributed by atoms with Crippen LogP contribution in [0.4, 0.5) is 17.1 Å². The van der Waals surface area contributed by atoms with Crippen molar-refractivity contribution in [3.63, 3.8) is 0 Å². The van der Waals surface area contributed by atoms with Gasteiger partial charge < -0.3 is 15.2 Å². The lowest BCUT2D eigenvalue weighted by atomic mass is 10.0. The molecule has 5 aromatic carbocycles. The molecule has 7 nitrogen and oxygen atoms in total. The van der Waals surface area contributed by atoms with Gasteiger partial charge in [0.05, 0.1) is 23.4 Å². The lowest BCUT2D eigenvalue weighted by molar-refractivity contribution is 0.0498. The van der Waals surface area contributed by atoms with E-state index in [1.807, 2.05) is 54.6 Å². The van der Waals surface area contributed by atoms with Gasteiger partial charge in [-0.15, -0.1) is 10.2 Å². The number of unbranched alkanes of at least 4 members (excludes halogenated alkanes) is 17. The van der Waals surface area contributed by atoms with Crippen LogP contribution in [0.1, 0.15) is 143 Å². The van der Waals surface area contributed by atoms with Gasteiger partial charge in [-0.05, 0) is 36.1 Å². The van der Waals surface area contributed by atoms with Crippen LogP contribution in [-0.4, -0.2) is 23.6 Å². The molecular formula is C48H59N3O4. The van der Waals surface area contributed by atoms with Crippen LogP contribution in [0.15, 0.2) is 107 Å². The molecule has 0 aromatic heterocycles. The topological polar surface area (TPSA) is 100 Å². The molecule has 0 aliphatic heterocycles. The zero-order valence-electron chi connectivity index (χ0n) is 32.7. The molecule has 0 bridgehead atoms. The second-order valence-corrected chi connectivity index (χ2v) is 14.7. The maximum Gasteiger partial charge on any atom is 0.340 e. The van der Waals surface area contributed by atoms with Crippen molar-refractivity contribution >= 4 is 50.5 Å². The zero-order chi connectivity index (χ0) is 38.5. The number of amides is 1. The summed E-state index contributed by atoms with van der Waals surface area (Å²) in [7, 11) is 0. The first kappa shape index (κ1) is 41.1. The predicted octanol–water partition coefficient (Wildman–Crippen LogP) is 14.6. The van der Waals surface area contributed by atoms with Crippen LogP contribution in [-0.2, 0) is 4.74 Å². The van der Waals surface area contributed by atoms with Crippen molar-refractivity contribution in [2.75, 3.05) is 11.9 Å². The van der Waals surface area contributed by atoms with Gasteiger partial charge in [0.2, 0.25) is 0 Å². The third-order valence-electron chi connectivity index (χ3n) is 10.4. The van der Waals surface area contributed by atoms with Crippen LogP contribution in [0.5, 0.6) is 5.75 Å². The number of nitrogens with zero attached hydrogens (tertiary/aromatic N) is 2. The highest BCUT2D eigenvalue weighted by atomic mass is 16.5. The number of aromatic hydroxyl groups is 1. The van der Waals surface area contributed by atoms with E-state index in [4.69, 9.17) is 4.74 Å². The monoisotopic (exact) mass is 741 g/mol. The zero-order valence-corrected chi connectivity index (χ0v) is 32.7. The van der Waals surface area contributed by atoms with Gasteiger partial charge in [-0.2, -0.15) is 0 Å². The Morgan fingerprint density at radius 2 is 1.05 bits per heavy atom. The first-order chi connectivity index (χ1) is 27.1. The highest BCUT2D eigenvalue weighted by molar-refractivity contribution is 6.14. The summed E-state index contributed by atoms with van der Waals surface area (Å²) in [5.74, 6) is -1.05. The van der Waals surface area contributed by atoms with Crippen molar-refractivity contribution in [3.05, 3.63) is 108 Å². The van der Waals surface area contributed by atoms with Gasteiger partial charge in [0.15, 0.2) is 0 Å². The minimum atomic E-state index is -0.473. The Hall–Kier alpha value is -5.04. The number of carbonyl (C=O) groups is 2. The number of hydrogen-bond donors (Lipinski definition) is 2. The molecule has 0 saturated carbocycles. The number of rotatable bonds is 24. The molecule has 0 aliphatic rings. The largest absolute Gasteiger partial charge is 0.506 e. The van der Waals surface area contributed by atoms with E-state index in [1.54, 1.807) is 36.4 Å². The highest BCUT2D eigenvalue weighted by Crippen LogP contribution is 2.38. The fourth-order valence-corrected chi connectivity index (χ4v) is 7.21. The summed E-state index contributed by atoms with van der Waals surface area (Å²) in [5, 5.41) is 26.1. The molecule has 5 rings (SSSR count). The molecule has 0 saturated heterocycles.